The highest BCUT2D eigenvalue weighted by molar-refractivity contribution is 9.10. The first-order chi connectivity index (χ1) is 8.19. The van der Waals surface area contributed by atoms with Crippen LogP contribution in [0.5, 0.6) is 0 Å². The summed E-state index contributed by atoms with van der Waals surface area (Å²) in [5.41, 5.74) is 8.15. The van der Waals surface area contributed by atoms with Gasteiger partial charge >= 0.3 is 0 Å². The zero-order chi connectivity index (χ0) is 12.3. The number of benzene rings is 1. The molecule has 1 heterocycles. The third kappa shape index (κ3) is 3.44. The Morgan fingerprint density at radius 1 is 1.18 bits per heavy atom. The van der Waals surface area contributed by atoms with E-state index in [1.54, 1.807) is 0 Å². The van der Waals surface area contributed by atoms with E-state index in [1.165, 1.54) is 18.7 Å². The van der Waals surface area contributed by atoms with Crippen molar-refractivity contribution in [3.8, 4) is 0 Å². The Kier molecular flexibility index (Phi) is 4.42. The lowest BCUT2D eigenvalue weighted by Crippen LogP contribution is -2.45. The van der Waals surface area contributed by atoms with Crippen molar-refractivity contribution in [2.24, 2.45) is 0 Å². The number of hydrogen-bond acceptors (Lipinski definition) is 3. The van der Waals surface area contributed by atoms with E-state index in [0.717, 1.165) is 36.3 Å². The monoisotopic (exact) mass is 297 g/mol. The molecule has 0 bridgehead atoms. The zero-order valence-corrected chi connectivity index (χ0v) is 11.9. The van der Waals surface area contributed by atoms with E-state index in [-0.39, 0.29) is 0 Å². The van der Waals surface area contributed by atoms with E-state index in [2.05, 4.69) is 44.8 Å². The first kappa shape index (κ1) is 12.9. The molecule has 0 aliphatic carbocycles. The summed E-state index contributed by atoms with van der Waals surface area (Å²) in [6.07, 6.45) is 0. The van der Waals surface area contributed by atoms with Crippen molar-refractivity contribution >= 4 is 21.6 Å². The number of rotatable bonds is 3. The molecule has 4 heteroatoms. The Labute approximate surface area is 112 Å². The maximum absolute atomic E-state index is 6.02. The van der Waals surface area contributed by atoms with Crippen LogP contribution in [-0.4, -0.2) is 42.5 Å². The van der Waals surface area contributed by atoms with Crippen LogP contribution in [0.4, 0.5) is 5.69 Å². The molecule has 17 heavy (non-hydrogen) atoms. The van der Waals surface area contributed by atoms with Crippen molar-refractivity contribution < 1.29 is 0 Å². The summed E-state index contributed by atoms with van der Waals surface area (Å²) in [4.78, 5) is 4.97. The third-order valence-electron chi connectivity index (χ3n) is 3.41. The Morgan fingerprint density at radius 2 is 1.82 bits per heavy atom. The average molecular weight is 298 g/mol. The molecule has 1 saturated heterocycles. The molecular formula is C13H20BrN3. The third-order valence-corrected chi connectivity index (χ3v) is 3.91. The lowest BCUT2D eigenvalue weighted by atomic mass is 10.1. The molecule has 3 nitrogen and oxygen atoms in total. The van der Waals surface area contributed by atoms with E-state index in [9.17, 15) is 0 Å². The second kappa shape index (κ2) is 5.85. The summed E-state index contributed by atoms with van der Waals surface area (Å²) >= 11 is 3.44. The van der Waals surface area contributed by atoms with Crippen LogP contribution in [0.25, 0.3) is 0 Å². The van der Waals surface area contributed by atoms with E-state index >= 15 is 0 Å². The fourth-order valence-electron chi connectivity index (χ4n) is 2.21. The van der Waals surface area contributed by atoms with Crippen LogP contribution in [0.3, 0.4) is 0 Å². The van der Waals surface area contributed by atoms with E-state index in [0.29, 0.717) is 0 Å². The van der Waals surface area contributed by atoms with Crippen LogP contribution in [0, 0.1) is 0 Å². The lowest BCUT2D eigenvalue weighted by molar-refractivity contribution is 0.132. The highest BCUT2D eigenvalue weighted by atomic mass is 79.9. The Morgan fingerprint density at radius 3 is 2.41 bits per heavy atom. The normalized spacial score (nSPS) is 18.5. The Bertz CT molecular complexity index is 373. The summed E-state index contributed by atoms with van der Waals surface area (Å²) in [7, 11) is 0. The number of halogens is 1. The van der Waals surface area contributed by atoms with Gasteiger partial charge in [-0.3, -0.25) is 4.90 Å². The molecule has 1 aromatic rings. The number of likely N-dealkylation sites (N-methyl/N-ethyl adjacent to an activating group) is 1. The van der Waals surface area contributed by atoms with Crippen molar-refractivity contribution in [1.29, 1.82) is 0 Å². The molecule has 0 aromatic heterocycles. The van der Waals surface area contributed by atoms with Gasteiger partial charge in [0.1, 0.15) is 0 Å². The largest absolute Gasteiger partial charge is 0.398 e. The molecule has 1 aliphatic heterocycles. The molecule has 1 fully saturated rings. The second-order valence-electron chi connectivity index (χ2n) is 4.55. The second-order valence-corrected chi connectivity index (χ2v) is 5.47. The topological polar surface area (TPSA) is 32.5 Å². The van der Waals surface area contributed by atoms with Crippen molar-refractivity contribution in [1.82, 2.24) is 9.80 Å². The van der Waals surface area contributed by atoms with Crippen LogP contribution in [0.2, 0.25) is 0 Å². The summed E-state index contributed by atoms with van der Waals surface area (Å²) in [6, 6.07) is 6.16. The van der Waals surface area contributed by atoms with Gasteiger partial charge in [0.2, 0.25) is 0 Å². The Balaban J connectivity index is 1.93. The summed E-state index contributed by atoms with van der Waals surface area (Å²) in [5, 5.41) is 0. The predicted octanol–water partition coefficient (Wildman–Crippen LogP) is 2.17. The standard InChI is InChI=1S/C13H20BrN3/c1-2-16-5-7-17(8-6-16)10-11-3-4-12(14)9-13(11)15/h3-4,9H,2,5-8,10,15H2,1H3. The van der Waals surface area contributed by atoms with Gasteiger partial charge in [-0.1, -0.05) is 28.9 Å². The van der Waals surface area contributed by atoms with Gasteiger partial charge in [0.15, 0.2) is 0 Å². The van der Waals surface area contributed by atoms with Gasteiger partial charge in [0.05, 0.1) is 0 Å². The first-order valence-electron chi connectivity index (χ1n) is 6.17. The molecule has 1 aromatic carbocycles. The van der Waals surface area contributed by atoms with Crippen molar-refractivity contribution in [2.75, 3.05) is 38.5 Å². The quantitative estimate of drug-likeness (QED) is 0.868. The molecule has 0 spiro atoms. The predicted molar refractivity (Wildman–Crippen MR) is 75.9 cm³/mol. The minimum Gasteiger partial charge on any atom is -0.398 e. The number of nitrogens with two attached hydrogens (primary N) is 1. The van der Waals surface area contributed by atoms with Crippen LogP contribution in [-0.2, 0) is 6.54 Å². The fourth-order valence-corrected chi connectivity index (χ4v) is 2.59. The highest BCUT2D eigenvalue weighted by Crippen LogP contribution is 2.20. The zero-order valence-electron chi connectivity index (χ0n) is 10.3. The maximum atomic E-state index is 6.02. The van der Waals surface area contributed by atoms with Gasteiger partial charge in [-0.05, 0) is 24.2 Å². The van der Waals surface area contributed by atoms with Gasteiger partial charge in [-0.2, -0.15) is 0 Å². The molecule has 0 radical (unpaired) electrons. The van der Waals surface area contributed by atoms with Gasteiger partial charge < -0.3 is 10.6 Å². The van der Waals surface area contributed by atoms with E-state index in [4.69, 9.17) is 5.73 Å². The fraction of sp³-hybridized carbons (Fsp3) is 0.538. The molecule has 0 saturated carbocycles. The smallest absolute Gasteiger partial charge is 0.0371 e. The van der Waals surface area contributed by atoms with Gasteiger partial charge in [0, 0.05) is 42.9 Å². The van der Waals surface area contributed by atoms with Crippen LogP contribution >= 0.6 is 15.9 Å². The first-order valence-corrected chi connectivity index (χ1v) is 6.97. The van der Waals surface area contributed by atoms with Gasteiger partial charge in [-0.15, -0.1) is 0 Å². The van der Waals surface area contributed by atoms with E-state index < -0.39 is 0 Å². The lowest BCUT2D eigenvalue weighted by Gasteiger charge is -2.34. The van der Waals surface area contributed by atoms with Gasteiger partial charge in [-0.25, -0.2) is 0 Å². The molecule has 1 aliphatic rings. The van der Waals surface area contributed by atoms with Crippen LogP contribution in [0.1, 0.15) is 12.5 Å². The number of hydrogen-bond donors (Lipinski definition) is 1. The summed E-state index contributed by atoms with van der Waals surface area (Å²) in [5.74, 6) is 0. The summed E-state index contributed by atoms with van der Waals surface area (Å²) < 4.78 is 1.05. The van der Waals surface area contributed by atoms with Gasteiger partial charge in [0.25, 0.3) is 0 Å². The molecule has 0 unspecified atom stereocenters. The SMILES string of the molecule is CCN1CCN(Cc2ccc(Br)cc2N)CC1. The molecule has 2 N–H and O–H groups in total. The highest BCUT2D eigenvalue weighted by Gasteiger charge is 2.16. The van der Waals surface area contributed by atoms with Crippen molar-refractivity contribution in [2.45, 2.75) is 13.5 Å². The molecule has 0 atom stereocenters. The molecule has 94 valence electrons. The van der Waals surface area contributed by atoms with Crippen molar-refractivity contribution in [3.63, 3.8) is 0 Å². The molecule has 2 rings (SSSR count). The Hall–Kier alpha value is -0.580. The number of piperazine rings is 1. The summed E-state index contributed by atoms with van der Waals surface area (Å²) in [6.45, 7) is 8.99. The van der Waals surface area contributed by atoms with Crippen LogP contribution in [0.15, 0.2) is 22.7 Å². The van der Waals surface area contributed by atoms with Crippen LogP contribution < -0.4 is 5.73 Å². The minimum absolute atomic E-state index is 0.886. The minimum atomic E-state index is 0.886. The average Bonchev–Trinajstić information content (AvgIpc) is 2.34. The number of anilines is 1. The van der Waals surface area contributed by atoms with Crippen molar-refractivity contribution in [3.05, 3.63) is 28.2 Å². The molecular weight excluding hydrogens is 278 g/mol. The maximum Gasteiger partial charge on any atom is 0.0371 e. The number of nitrogen functional groups attached to an aromatic ring is 1. The number of nitrogens with zero attached hydrogens (tertiary/aromatic N) is 2. The molecule has 0 amide bonds. The van der Waals surface area contributed by atoms with E-state index in [1.807, 2.05) is 6.07 Å².